The second kappa shape index (κ2) is 11.0. The Labute approximate surface area is 224 Å². The molecule has 1 unspecified atom stereocenters. The summed E-state index contributed by atoms with van der Waals surface area (Å²) in [6, 6.07) is 11.1. The Morgan fingerprint density at radius 2 is 2.00 bits per heavy atom. The number of hydrogen-bond donors (Lipinski definition) is 2. The Balaban J connectivity index is 1.61. The van der Waals surface area contributed by atoms with Gasteiger partial charge in [-0.1, -0.05) is 6.07 Å². The number of halogens is 2. The Bertz CT molecular complexity index is 1600. The van der Waals surface area contributed by atoms with Crippen molar-refractivity contribution >= 4 is 38.4 Å². The number of benzene rings is 1. The maximum absolute atomic E-state index is 15.5. The van der Waals surface area contributed by atoms with Gasteiger partial charge in [0.1, 0.15) is 11.3 Å². The molecular formula is C26H27F2N7O3S. The standard InChI is InChI=1S/C26H27F2N7O3S/c1-16-15-38-12-11-35(16)26-24-21(32-25(33-26)17-6-9-22(29)30-14-17)8-7-19(31-24)18-4-2-5-20(23(18)28)34-39(36,37)13-3-10-27/h2,4-9,14,16,34H,3,10-13,15H2,1H3,(H2,29,30). The van der Waals surface area contributed by atoms with Crippen molar-refractivity contribution in [2.45, 2.75) is 19.4 Å². The Morgan fingerprint density at radius 3 is 2.74 bits per heavy atom. The third-order valence-electron chi connectivity index (χ3n) is 6.29. The molecule has 1 aliphatic heterocycles. The normalized spacial score (nSPS) is 16.0. The van der Waals surface area contributed by atoms with Crippen LogP contribution in [0.5, 0.6) is 0 Å². The molecule has 0 saturated carbocycles. The molecule has 1 fully saturated rings. The highest BCUT2D eigenvalue weighted by Gasteiger charge is 2.25. The molecule has 0 spiro atoms. The van der Waals surface area contributed by atoms with Crippen molar-refractivity contribution in [3.63, 3.8) is 0 Å². The lowest BCUT2D eigenvalue weighted by Crippen LogP contribution is -2.44. The molecule has 4 heterocycles. The molecule has 13 heteroatoms. The van der Waals surface area contributed by atoms with Crippen LogP contribution in [0.1, 0.15) is 13.3 Å². The van der Waals surface area contributed by atoms with Crippen molar-refractivity contribution in [1.29, 1.82) is 0 Å². The average Bonchev–Trinajstić information content (AvgIpc) is 2.93. The van der Waals surface area contributed by atoms with Gasteiger partial charge in [0.2, 0.25) is 10.0 Å². The first-order valence-electron chi connectivity index (χ1n) is 12.4. The molecule has 0 radical (unpaired) electrons. The van der Waals surface area contributed by atoms with Gasteiger partial charge < -0.3 is 15.4 Å². The topological polar surface area (TPSA) is 136 Å². The van der Waals surface area contributed by atoms with Gasteiger partial charge in [0, 0.05) is 23.9 Å². The first-order valence-corrected chi connectivity index (χ1v) is 14.0. The summed E-state index contributed by atoms with van der Waals surface area (Å²) < 4.78 is 60.3. The van der Waals surface area contributed by atoms with E-state index in [2.05, 4.69) is 19.6 Å². The zero-order valence-electron chi connectivity index (χ0n) is 21.1. The van der Waals surface area contributed by atoms with Crippen molar-refractivity contribution in [3.05, 3.63) is 54.5 Å². The molecule has 1 saturated heterocycles. The molecule has 10 nitrogen and oxygen atoms in total. The zero-order valence-corrected chi connectivity index (χ0v) is 22.0. The van der Waals surface area contributed by atoms with E-state index in [-0.39, 0.29) is 29.4 Å². The van der Waals surface area contributed by atoms with E-state index in [1.807, 2.05) is 6.92 Å². The number of morpholine rings is 1. The third-order valence-corrected chi connectivity index (χ3v) is 7.65. The molecule has 3 N–H and O–H groups in total. The van der Waals surface area contributed by atoms with Crippen molar-refractivity contribution in [1.82, 2.24) is 19.9 Å². The van der Waals surface area contributed by atoms with Gasteiger partial charge in [-0.3, -0.25) is 9.11 Å². The SMILES string of the molecule is CC1COCCN1c1nc(-c2ccc(N)nc2)nc2ccc(-c3cccc(NS(=O)(=O)CCCF)c3F)nc12. The first kappa shape index (κ1) is 26.6. The van der Waals surface area contributed by atoms with E-state index >= 15 is 4.39 Å². The van der Waals surface area contributed by atoms with E-state index in [0.29, 0.717) is 53.8 Å². The van der Waals surface area contributed by atoms with Crippen LogP contribution in [0.4, 0.5) is 26.1 Å². The predicted molar refractivity (Wildman–Crippen MR) is 146 cm³/mol. The van der Waals surface area contributed by atoms with Crippen LogP contribution in [0.25, 0.3) is 33.7 Å². The average molecular weight is 556 g/mol. The molecule has 4 aromatic rings. The summed E-state index contributed by atoms with van der Waals surface area (Å²) in [5.74, 6) is 0.134. The number of nitrogen functional groups attached to an aromatic ring is 1. The molecule has 204 valence electrons. The fraction of sp³-hybridized carbons (Fsp3) is 0.308. The summed E-state index contributed by atoms with van der Waals surface area (Å²) >= 11 is 0. The Hall–Kier alpha value is -3.97. The van der Waals surface area contributed by atoms with E-state index in [1.165, 1.54) is 18.2 Å². The van der Waals surface area contributed by atoms with Gasteiger partial charge in [0.15, 0.2) is 17.5 Å². The van der Waals surface area contributed by atoms with E-state index < -0.39 is 28.3 Å². The van der Waals surface area contributed by atoms with Gasteiger partial charge in [0.05, 0.1) is 48.6 Å². The van der Waals surface area contributed by atoms with E-state index in [1.54, 1.807) is 30.5 Å². The van der Waals surface area contributed by atoms with Crippen LogP contribution in [0.3, 0.4) is 0 Å². The summed E-state index contributed by atoms with van der Waals surface area (Å²) in [5, 5.41) is 0. The van der Waals surface area contributed by atoms with Crippen molar-refractivity contribution in [2.24, 2.45) is 0 Å². The van der Waals surface area contributed by atoms with E-state index in [0.717, 1.165) is 0 Å². The third kappa shape index (κ3) is 5.73. The molecule has 0 bridgehead atoms. The number of hydrogen-bond acceptors (Lipinski definition) is 9. The van der Waals surface area contributed by atoms with E-state index in [4.69, 9.17) is 20.4 Å². The molecular weight excluding hydrogens is 528 g/mol. The lowest BCUT2D eigenvalue weighted by Gasteiger charge is -2.34. The lowest BCUT2D eigenvalue weighted by molar-refractivity contribution is 0.0987. The molecule has 0 amide bonds. The van der Waals surface area contributed by atoms with Crippen molar-refractivity contribution in [3.8, 4) is 22.6 Å². The van der Waals surface area contributed by atoms with Gasteiger partial charge in [-0.05, 0) is 49.7 Å². The highest BCUT2D eigenvalue weighted by molar-refractivity contribution is 7.92. The second-order valence-electron chi connectivity index (χ2n) is 9.15. The van der Waals surface area contributed by atoms with Gasteiger partial charge in [0.25, 0.3) is 0 Å². The van der Waals surface area contributed by atoms with Crippen LogP contribution in [0.2, 0.25) is 0 Å². The minimum Gasteiger partial charge on any atom is -0.384 e. The monoisotopic (exact) mass is 555 g/mol. The number of anilines is 3. The highest BCUT2D eigenvalue weighted by atomic mass is 32.2. The summed E-state index contributed by atoms with van der Waals surface area (Å²) in [7, 11) is -3.92. The Morgan fingerprint density at radius 1 is 1.15 bits per heavy atom. The number of aromatic nitrogens is 4. The van der Waals surface area contributed by atoms with Crippen LogP contribution in [0.15, 0.2) is 48.7 Å². The predicted octanol–water partition coefficient (Wildman–Crippen LogP) is 3.80. The molecule has 0 aliphatic carbocycles. The van der Waals surface area contributed by atoms with Crippen molar-refractivity contribution in [2.75, 3.05) is 47.5 Å². The largest absolute Gasteiger partial charge is 0.384 e. The van der Waals surface area contributed by atoms with Gasteiger partial charge in [-0.15, -0.1) is 0 Å². The number of pyridine rings is 2. The molecule has 1 aromatic carbocycles. The number of ether oxygens (including phenoxy) is 1. The van der Waals surface area contributed by atoms with Crippen LogP contribution in [-0.4, -0.2) is 66.6 Å². The molecule has 1 atom stereocenters. The van der Waals surface area contributed by atoms with Crippen molar-refractivity contribution < 1.29 is 21.9 Å². The number of rotatable bonds is 8. The molecule has 39 heavy (non-hydrogen) atoms. The van der Waals surface area contributed by atoms with Gasteiger partial charge >= 0.3 is 0 Å². The first-order chi connectivity index (χ1) is 18.8. The maximum atomic E-state index is 15.5. The quantitative estimate of drug-likeness (QED) is 0.333. The molecule has 1 aliphatic rings. The van der Waals surface area contributed by atoms with Gasteiger partial charge in [-0.2, -0.15) is 0 Å². The number of alkyl halides is 1. The Kier molecular flexibility index (Phi) is 7.53. The number of sulfonamides is 1. The second-order valence-corrected chi connectivity index (χ2v) is 11.0. The van der Waals surface area contributed by atoms with Gasteiger partial charge in [-0.25, -0.2) is 32.7 Å². The zero-order chi connectivity index (χ0) is 27.6. The van der Waals surface area contributed by atoms with Crippen LogP contribution >= 0.6 is 0 Å². The van der Waals surface area contributed by atoms with Crippen LogP contribution in [0, 0.1) is 5.82 Å². The molecule has 5 rings (SSSR count). The minimum atomic E-state index is -3.92. The maximum Gasteiger partial charge on any atom is 0.232 e. The number of nitrogens with two attached hydrogens (primary N) is 1. The van der Waals surface area contributed by atoms with E-state index in [9.17, 15) is 12.8 Å². The molecule has 3 aromatic heterocycles. The number of nitrogens with one attached hydrogen (secondary N) is 1. The number of fused-ring (bicyclic) bond motifs is 1. The van der Waals surface area contributed by atoms with Crippen LogP contribution in [-0.2, 0) is 14.8 Å². The van der Waals surface area contributed by atoms with Crippen LogP contribution < -0.4 is 15.4 Å². The lowest BCUT2D eigenvalue weighted by atomic mass is 10.1. The smallest absolute Gasteiger partial charge is 0.232 e. The highest BCUT2D eigenvalue weighted by Crippen LogP contribution is 2.33. The summed E-state index contributed by atoms with van der Waals surface area (Å²) in [5.41, 5.74) is 7.55. The summed E-state index contributed by atoms with van der Waals surface area (Å²) in [6.07, 6.45) is 1.42. The fourth-order valence-corrected chi connectivity index (χ4v) is 5.41. The summed E-state index contributed by atoms with van der Waals surface area (Å²) in [6.45, 7) is 2.81. The summed E-state index contributed by atoms with van der Waals surface area (Å²) in [4.78, 5) is 20.5. The minimum absolute atomic E-state index is 0.00140. The number of nitrogens with zero attached hydrogens (tertiary/aromatic N) is 5. The fourth-order valence-electron chi connectivity index (χ4n) is 4.33.